The molecule has 1 fully saturated rings. The molecule has 0 radical (unpaired) electrons. The molecule has 1 aliphatic heterocycles. The van der Waals surface area contributed by atoms with Gasteiger partial charge in [-0.05, 0) is 22.3 Å². The number of rotatable bonds is 16. The van der Waals surface area contributed by atoms with E-state index in [1.165, 1.54) is 0 Å². The van der Waals surface area contributed by atoms with Crippen molar-refractivity contribution in [3.63, 3.8) is 0 Å². The van der Waals surface area contributed by atoms with Crippen molar-refractivity contribution in [2.24, 2.45) is 0 Å². The van der Waals surface area contributed by atoms with Crippen molar-refractivity contribution in [1.82, 2.24) is 0 Å². The van der Waals surface area contributed by atoms with Gasteiger partial charge >= 0.3 is 11.9 Å². The van der Waals surface area contributed by atoms with Gasteiger partial charge in [0.2, 0.25) is 6.29 Å². The summed E-state index contributed by atoms with van der Waals surface area (Å²) in [5.74, 6) is -2.27. The number of ether oxygens (including phenoxy) is 6. The van der Waals surface area contributed by atoms with Gasteiger partial charge in [-0.3, -0.25) is 9.59 Å². The minimum Gasteiger partial charge on any atom is -0.481 e. The summed E-state index contributed by atoms with van der Waals surface area (Å²) in [6.45, 7) is 1.03. The quantitative estimate of drug-likeness (QED) is 0.124. The maximum Gasteiger partial charge on any atom is 0.319 e. The average Bonchev–Trinajstić information content (AvgIpc) is 3.08. The van der Waals surface area contributed by atoms with E-state index in [4.69, 9.17) is 28.4 Å². The highest BCUT2D eigenvalue weighted by Crippen LogP contribution is 2.32. The van der Waals surface area contributed by atoms with Crippen LogP contribution in [0.4, 0.5) is 0 Å². The minimum absolute atomic E-state index is 0.0813. The first-order valence-corrected chi connectivity index (χ1v) is 15.2. The number of carboxylic acid groups (broad SMARTS) is 1. The summed E-state index contributed by atoms with van der Waals surface area (Å²) in [4.78, 5) is 24.0. The number of hydrogen-bond acceptors (Lipinski definition) is 8. The van der Waals surface area contributed by atoms with E-state index in [0.717, 1.165) is 22.3 Å². The number of benzene rings is 4. The van der Waals surface area contributed by atoms with Gasteiger partial charge in [-0.15, -0.1) is 0 Å². The highest BCUT2D eigenvalue weighted by Gasteiger charge is 2.50. The van der Waals surface area contributed by atoms with Crippen LogP contribution in [0.5, 0.6) is 0 Å². The van der Waals surface area contributed by atoms with Crippen LogP contribution in [0.2, 0.25) is 0 Å². The third-order valence-electron chi connectivity index (χ3n) is 7.38. The normalized spacial score (nSPS) is 21.0. The second kappa shape index (κ2) is 17.4. The lowest BCUT2D eigenvalue weighted by molar-refractivity contribution is -0.320. The second-order valence-corrected chi connectivity index (χ2v) is 10.9. The Labute approximate surface area is 268 Å². The van der Waals surface area contributed by atoms with E-state index in [-0.39, 0.29) is 26.4 Å². The Morgan fingerprint density at radius 3 is 1.43 bits per heavy atom. The Bertz CT molecular complexity index is 1470. The number of carbonyl (C=O) groups is 2. The fraction of sp³-hybridized carbons (Fsp3) is 0.297. The maximum absolute atomic E-state index is 12.7. The molecule has 1 heterocycles. The summed E-state index contributed by atoms with van der Waals surface area (Å²) in [6, 6.07) is 38.6. The molecule has 240 valence electrons. The highest BCUT2D eigenvalue weighted by molar-refractivity contribution is 5.90. The molecule has 9 heteroatoms. The molecule has 5 rings (SSSR count). The fourth-order valence-electron chi connectivity index (χ4n) is 5.14. The van der Waals surface area contributed by atoms with Crippen molar-refractivity contribution in [1.29, 1.82) is 0 Å². The molecule has 1 aliphatic rings. The lowest BCUT2D eigenvalue weighted by Crippen LogP contribution is -2.62. The van der Waals surface area contributed by atoms with Gasteiger partial charge in [0.1, 0.15) is 30.8 Å². The van der Waals surface area contributed by atoms with Crippen molar-refractivity contribution < 1.29 is 43.1 Å². The Morgan fingerprint density at radius 2 is 0.978 bits per heavy atom. The predicted molar refractivity (Wildman–Crippen MR) is 168 cm³/mol. The molecule has 0 aliphatic carbocycles. The first kappa shape index (κ1) is 33.0. The van der Waals surface area contributed by atoms with Crippen LogP contribution in [-0.4, -0.2) is 54.4 Å². The molecule has 5 atom stereocenters. The number of carbonyl (C=O) groups excluding carboxylic acids is 1. The number of carboxylic acids is 1. The standard InChI is InChI=1S/C37H38O9/c38-32(39)21-33(40)46-37-36(44-25-30-19-11-4-12-20-30)35(43-24-29-17-9-3-10-18-29)34(42-23-28-15-7-2-8-16-28)31(45-37)26-41-22-27-13-5-1-6-14-27/h1-20,31,34-37H,21-26H2,(H,38,39)/t31-,34-,35+,36-,37?/m1/s1. The Kier molecular flexibility index (Phi) is 12.4. The molecular formula is C37H38O9. The van der Waals surface area contributed by atoms with Crippen molar-refractivity contribution in [3.8, 4) is 0 Å². The summed E-state index contributed by atoms with van der Waals surface area (Å²) >= 11 is 0. The van der Waals surface area contributed by atoms with E-state index in [2.05, 4.69) is 0 Å². The van der Waals surface area contributed by atoms with Gasteiger partial charge in [0.05, 0.1) is 33.0 Å². The van der Waals surface area contributed by atoms with E-state index in [9.17, 15) is 14.7 Å². The van der Waals surface area contributed by atoms with Crippen molar-refractivity contribution in [3.05, 3.63) is 144 Å². The topological polar surface area (TPSA) is 110 Å². The van der Waals surface area contributed by atoms with Gasteiger partial charge < -0.3 is 33.5 Å². The monoisotopic (exact) mass is 626 g/mol. The molecule has 4 aromatic carbocycles. The molecule has 0 aromatic heterocycles. The van der Waals surface area contributed by atoms with Gasteiger partial charge in [0.25, 0.3) is 0 Å². The molecule has 4 aromatic rings. The molecule has 0 spiro atoms. The van der Waals surface area contributed by atoms with E-state index >= 15 is 0 Å². The Morgan fingerprint density at radius 1 is 0.565 bits per heavy atom. The average molecular weight is 627 g/mol. The lowest BCUT2D eigenvalue weighted by atomic mass is 9.97. The summed E-state index contributed by atoms with van der Waals surface area (Å²) in [7, 11) is 0. The van der Waals surface area contributed by atoms with Crippen LogP contribution in [0.15, 0.2) is 121 Å². The number of esters is 1. The number of aliphatic carboxylic acids is 1. The van der Waals surface area contributed by atoms with Gasteiger partial charge in [-0.25, -0.2) is 0 Å². The first-order chi connectivity index (χ1) is 22.5. The van der Waals surface area contributed by atoms with E-state index in [0.29, 0.717) is 6.61 Å². The van der Waals surface area contributed by atoms with Crippen molar-refractivity contribution in [2.75, 3.05) is 6.61 Å². The van der Waals surface area contributed by atoms with Crippen LogP contribution in [0.1, 0.15) is 28.7 Å². The zero-order valence-corrected chi connectivity index (χ0v) is 25.4. The highest BCUT2D eigenvalue weighted by atomic mass is 16.7. The van der Waals surface area contributed by atoms with Gasteiger partial charge in [0, 0.05) is 0 Å². The van der Waals surface area contributed by atoms with E-state index < -0.39 is 49.1 Å². The number of hydrogen-bond donors (Lipinski definition) is 1. The zero-order valence-electron chi connectivity index (χ0n) is 25.4. The SMILES string of the molecule is O=C(O)CC(=O)OC1O[C@H](COCc2ccccc2)[C@@H](OCc2ccccc2)[C@H](OCc2ccccc2)[C@H]1OCc1ccccc1. The second-order valence-electron chi connectivity index (χ2n) is 10.9. The molecule has 0 amide bonds. The first-order valence-electron chi connectivity index (χ1n) is 15.2. The van der Waals surface area contributed by atoms with Crippen molar-refractivity contribution >= 4 is 11.9 Å². The van der Waals surface area contributed by atoms with Crippen LogP contribution in [0.25, 0.3) is 0 Å². The van der Waals surface area contributed by atoms with Gasteiger partial charge in [-0.1, -0.05) is 121 Å². The summed E-state index contributed by atoms with van der Waals surface area (Å²) in [6.07, 6.45) is -5.35. The van der Waals surface area contributed by atoms with Crippen LogP contribution in [0.3, 0.4) is 0 Å². The third-order valence-corrected chi connectivity index (χ3v) is 7.38. The van der Waals surface area contributed by atoms with Crippen LogP contribution >= 0.6 is 0 Å². The molecule has 9 nitrogen and oxygen atoms in total. The lowest BCUT2D eigenvalue weighted by Gasteiger charge is -2.45. The zero-order chi connectivity index (χ0) is 32.0. The van der Waals surface area contributed by atoms with Crippen LogP contribution < -0.4 is 0 Å². The van der Waals surface area contributed by atoms with Gasteiger partial charge in [0.15, 0.2) is 0 Å². The largest absolute Gasteiger partial charge is 0.481 e. The summed E-state index contributed by atoms with van der Waals surface area (Å²) in [5, 5.41) is 9.25. The summed E-state index contributed by atoms with van der Waals surface area (Å²) < 4.78 is 37.6. The van der Waals surface area contributed by atoms with E-state index in [1.54, 1.807) is 0 Å². The van der Waals surface area contributed by atoms with Gasteiger partial charge in [-0.2, -0.15) is 0 Å². The Hall–Kier alpha value is -4.38. The summed E-state index contributed by atoms with van der Waals surface area (Å²) in [5.41, 5.74) is 3.74. The maximum atomic E-state index is 12.7. The third kappa shape index (κ3) is 10.1. The van der Waals surface area contributed by atoms with Crippen LogP contribution in [-0.2, 0) is 64.4 Å². The minimum atomic E-state index is -1.31. The molecule has 0 saturated carbocycles. The Balaban J connectivity index is 1.45. The molecule has 46 heavy (non-hydrogen) atoms. The molecular weight excluding hydrogens is 588 g/mol. The van der Waals surface area contributed by atoms with E-state index in [1.807, 2.05) is 121 Å². The smallest absolute Gasteiger partial charge is 0.319 e. The van der Waals surface area contributed by atoms with Crippen molar-refractivity contribution in [2.45, 2.75) is 63.6 Å². The molecule has 1 saturated heterocycles. The fourth-order valence-corrected chi connectivity index (χ4v) is 5.14. The predicted octanol–water partition coefficient (Wildman–Crippen LogP) is 5.70. The van der Waals surface area contributed by atoms with Crippen LogP contribution in [0, 0.1) is 0 Å². The molecule has 0 bridgehead atoms. The molecule has 1 N–H and O–H groups in total. The molecule has 1 unspecified atom stereocenters.